The number of nitrogens with one attached hydrogen (secondary N) is 2. The van der Waals surface area contributed by atoms with Gasteiger partial charge in [-0.1, -0.05) is 24.3 Å². The van der Waals surface area contributed by atoms with E-state index in [2.05, 4.69) is 5.32 Å². The van der Waals surface area contributed by atoms with Crippen LogP contribution in [0.5, 0.6) is 0 Å². The summed E-state index contributed by atoms with van der Waals surface area (Å²) in [6, 6.07) is 19.0. The molecule has 26 heavy (non-hydrogen) atoms. The summed E-state index contributed by atoms with van der Waals surface area (Å²) < 4.78 is 12.9. The van der Waals surface area contributed by atoms with Crippen LogP contribution in [0.3, 0.4) is 0 Å². The molecule has 3 aromatic rings. The average Bonchev–Trinajstić information content (AvgIpc) is 2.69. The maximum Gasteiger partial charge on any atom is 0.274 e. The van der Waals surface area contributed by atoms with E-state index in [1.165, 1.54) is 24.3 Å². The minimum atomic E-state index is -0.614. The summed E-state index contributed by atoms with van der Waals surface area (Å²) >= 11 is 0. The summed E-state index contributed by atoms with van der Waals surface area (Å²) in [5, 5.41) is 11.4. The quantitative estimate of drug-likeness (QED) is 0.494. The largest absolute Gasteiger partial charge is 0.322 e. The van der Waals surface area contributed by atoms with Crippen LogP contribution in [0.1, 0.15) is 20.7 Å². The predicted molar refractivity (Wildman–Crippen MR) is 95.5 cm³/mol. The molecule has 0 aliphatic heterocycles. The number of hydrogen-bond donors (Lipinski definition) is 3. The standard InChI is InChI=1S/C20H15FN2O3/c21-17-7-9-18(10-8-17)22-19(24)15-5-1-3-13(11-15)14-4-2-6-16(12-14)20(25)23-26/h1-12,26H,(H,22,24)(H,23,25). The molecule has 0 radical (unpaired) electrons. The summed E-state index contributed by atoms with van der Waals surface area (Å²) in [6.45, 7) is 0. The summed E-state index contributed by atoms with van der Waals surface area (Å²) in [5.41, 5.74) is 4.26. The van der Waals surface area contributed by atoms with Crippen molar-refractivity contribution in [3.05, 3.63) is 89.7 Å². The number of carbonyl (C=O) groups excluding carboxylic acids is 2. The molecule has 0 spiro atoms. The normalized spacial score (nSPS) is 10.2. The molecule has 0 bridgehead atoms. The van der Waals surface area contributed by atoms with Crippen LogP contribution in [0.2, 0.25) is 0 Å². The van der Waals surface area contributed by atoms with Crippen molar-refractivity contribution in [2.45, 2.75) is 0 Å². The number of anilines is 1. The van der Waals surface area contributed by atoms with Gasteiger partial charge in [0.25, 0.3) is 11.8 Å². The van der Waals surface area contributed by atoms with Crippen molar-refractivity contribution in [1.82, 2.24) is 5.48 Å². The molecule has 3 rings (SSSR count). The van der Waals surface area contributed by atoms with Crippen molar-refractivity contribution < 1.29 is 19.2 Å². The third-order valence-electron chi connectivity index (χ3n) is 3.79. The number of rotatable bonds is 4. The van der Waals surface area contributed by atoms with Crippen LogP contribution in [-0.4, -0.2) is 17.0 Å². The zero-order chi connectivity index (χ0) is 18.5. The Labute approximate surface area is 149 Å². The number of hydrogen-bond acceptors (Lipinski definition) is 3. The molecule has 3 N–H and O–H groups in total. The third-order valence-corrected chi connectivity index (χ3v) is 3.79. The molecule has 0 aliphatic rings. The van der Waals surface area contributed by atoms with Crippen molar-refractivity contribution in [1.29, 1.82) is 0 Å². The van der Waals surface area contributed by atoms with E-state index < -0.39 is 5.91 Å². The van der Waals surface area contributed by atoms with Gasteiger partial charge in [0, 0.05) is 16.8 Å². The van der Waals surface area contributed by atoms with Crippen LogP contribution in [0.15, 0.2) is 72.8 Å². The highest BCUT2D eigenvalue weighted by Gasteiger charge is 2.10. The SMILES string of the molecule is O=C(NO)c1cccc(-c2cccc(C(=O)Nc3ccc(F)cc3)c2)c1. The number of amides is 2. The molecule has 0 saturated carbocycles. The van der Waals surface area contributed by atoms with E-state index in [4.69, 9.17) is 5.21 Å². The van der Waals surface area contributed by atoms with Gasteiger partial charge >= 0.3 is 0 Å². The van der Waals surface area contributed by atoms with E-state index in [-0.39, 0.29) is 11.7 Å². The smallest absolute Gasteiger partial charge is 0.274 e. The molecule has 0 fully saturated rings. The van der Waals surface area contributed by atoms with Crippen LogP contribution in [-0.2, 0) is 0 Å². The molecule has 0 aliphatic carbocycles. The summed E-state index contributed by atoms with van der Waals surface area (Å²) in [4.78, 5) is 23.9. The molecule has 0 unspecified atom stereocenters. The van der Waals surface area contributed by atoms with Crippen LogP contribution in [0.25, 0.3) is 11.1 Å². The highest BCUT2D eigenvalue weighted by molar-refractivity contribution is 6.05. The van der Waals surface area contributed by atoms with Crippen LogP contribution < -0.4 is 10.8 Å². The van der Waals surface area contributed by atoms with E-state index >= 15 is 0 Å². The monoisotopic (exact) mass is 350 g/mol. The Kier molecular flexibility index (Phi) is 5.05. The summed E-state index contributed by atoms with van der Waals surface area (Å²) in [5.74, 6) is -1.32. The Morgan fingerprint density at radius 1 is 0.769 bits per heavy atom. The third kappa shape index (κ3) is 3.93. The van der Waals surface area contributed by atoms with Gasteiger partial charge in [0.2, 0.25) is 0 Å². The Morgan fingerprint density at radius 2 is 1.31 bits per heavy atom. The Morgan fingerprint density at radius 3 is 1.85 bits per heavy atom. The summed E-state index contributed by atoms with van der Waals surface area (Å²) in [7, 11) is 0. The zero-order valence-corrected chi connectivity index (χ0v) is 13.6. The molecule has 130 valence electrons. The van der Waals surface area contributed by atoms with Crippen molar-refractivity contribution >= 4 is 17.5 Å². The van der Waals surface area contributed by atoms with Gasteiger partial charge in [-0.05, 0) is 59.7 Å². The van der Waals surface area contributed by atoms with Crippen molar-refractivity contribution in [2.75, 3.05) is 5.32 Å². The van der Waals surface area contributed by atoms with Gasteiger partial charge in [0.1, 0.15) is 5.82 Å². The van der Waals surface area contributed by atoms with E-state index in [0.29, 0.717) is 16.8 Å². The second-order valence-electron chi connectivity index (χ2n) is 5.56. The predicted octanol–water partition coefficient (Wildman–Crippen LogP) is 3.86. The molecule has 0 heterocycles. The minimum absolute atomic E-state index is 0.297. The maximum absolute atomic E-state index is 12.9. The van der Waals surface area contributed by atoms with E-state index in [0.717, 1.165) is 11.1 Å². The fraction of sp³-hybridized carbons (Fsp3) is 0. The lowest BCUT2D eigenvalue weighted by Gasteiger charge is -2.08. The first-order valence-electron chi connectivity index (χ1n) is 7.78. The first kappa shape index (κ1) is 17.3. The summed E-state index contributed by atoms with van der Waals surface area (Å²) in [6.07, 6.45) is 0. The Hall–Kier alpha value is -3.51. The van der Waals surface area contributed by atoms with Crippen molar-refractivity contribution in [3.8, 4) is 11.1 Å². The fourth-order valence-electron chi connectivity index (χ4n) is 2.48. The van der Waals surface area contributed by atoms with Crippen LogP contribution in [0.4, 0.5) is 10.1 Å². The van der Waals surface area contributed by atoms with Gasteiger partial charge in [-0.3, -0.25) is 14.8 Å². The van der Waals surface area contributed by atoms with E-state index in [1.54, 1.807) is 47.9 Å². The topological polar surface area (TPSA) is 78.4 Å². The molecular weight excluding hydrogens is 335 g/mol. The number of benzene rings is 3. The zero-order valence-electron chi connectivity index (χ0n) is 13.6. The highest BCUT2D eigenvalue weighted by atomic mass is 19.1. The Bertz CT molecular complexity index is 955. The molecule has 5 nitrogen and oxygen atoms in total. The first-order valence-corrected chi connectivity index (χ1v) is 7.78. The second kappa shape index (κ2) is 7.58. The Balaban J connectivity index is 1.85. The molecule has 3 aromatic carbocycles. The van der Waals surface area contributed by atoms with Crippen molar-refractivity contribution in [2.24, 2.45) is 0 Å². The molecule has 6 heteroatoms. The number of hydroxylamine groups is 1. The molecular formula is C20H15FN2O3. The lowest BCUT2D eigenvalue weighted by molar-refractivity contribution is 0.0706. The second-order valence-corrected chi connectivity index (χ2v) is 5.56. The van der Waals surface area contributed by atoms with Crippen molar-refractivity contribution in [3.63, 3.8) is 0 Å². The lowest BCUT2D eigenvalue weighted by atomic mass is 10.0. The van der Waals surface area contributed by atoms with Gasteiger partial charge in [0.15, 0.2) is 0 Å². The molecule has 0 atom stereocenters. The average molecular weight is 350 g/mol. The van der Waals surface area contributed by atoms with Gasteiger partial charge < -0.3 is 5.32 Å². The van der Waals surface area contributed by atoms with Crippen LogP contribution in [0, 0.1) is 5.82 Å². The van der Waals surface area contributed by atoms with E-state index in [1.807, 2.05) is 6.07 Å². The molecule has 0 aromatic heterocycles. The molecule has 0 saturated heterocycles. The lowest BCUT2D eigenvalue weighted by Crippen LogP contribution is -2.18. The highest BCUT2D eigenvalue weighted by Crippen LogP contribution is 2.22. The maximum atomic E-state index is 12.9. The first-order chi connectivity index (χ1) is 12.6. The number of carbonyl (C=O) groups is 2. The fourth-order valence-corrected chi connectivity index (χ4v) is 2.48. The van der Waals surface area contributed by atoms with Crippen LogP contribution >= 0.6 is 0 Å². The minimum Gasteiger partial charge on any atom is -0.322 e. The number of halogens is 1. The van der Waals surface area contributed by atoms with Gasteiger partial charge in [-0.2, -0.15) is 0 Å². The van der Waals surface area contributed by atoms with E-state index in [9.17, 15) is 14.0 Å². The van der Waals surface area contributed by atoms with Gasteiger partial charge in [0.05, 0.1) is 0 Å². The van der Waals surface area contributed by atoms with Gasteiger partial charge in [-0.25, -0.2) is 9.87 Å². The van der Waals surface area contributed by atoms with Gasteiger partial charge in [-0.15, -0.1) is 0 Å². The molecule has 2 amide bonds.